The molecular formula is C10H10N2O8. The van der Waals surface area contributed by atoms with Crippen molar-refractivity contribution in [1.82, 2.24) is 0 Å². The molecule has 0 amide bonds. The number of rotatable bonds is 6. The Balaban J connectivity index is 3.08. The summed E-state index contributed by atoms with van der Waals surface area (Å²) < 4.78 is 0. The van der Waals surface area contributed by atoms with Gasteiger partial charge in [-0.05, 0) is 0 Å². The van der Waals surface area contributed by atoms with Crippen molar-refractivity contribution in [1.29, 1.82) is 0 Å². The molecule has 1 aromatic carbocycles. The number of nitrogens with zero attached hydrogens (tertiary/aromatic N) is 2. The molecule has 0 spiro atoms. The Labute approximate surface area is 111 Å². The minimum absolute atomic E-state index is 0.131. The largest absolute Gasteiger partial charge is 0.605 e. The quantitative estimate of drug-likeness (QED) is 0.253. The molecule has 0 aromatic heterocycles. The van der Waals surface area contributed by atoms with E-state index in [0.29, 0.717) is 0 Å². The summed E-state index contributed by atoms with van der Waals surface area (Å²) in [7, 11) is 0. The van der Waals surface area contributed by atoms with Gasteiger partial charge in [0.15, 0.2) is 11.9 Å². The first-order valence-corrected chi connectivity index (χ1v) is 5.19. The van der Waals surface area contributed by atoms with Gasteiger partial charge in [0.2, 0.25) is 0 Å². The Hall–Kier alpha value is -2.43. The summed E-state index contributed by atoms with van der Waals surface area (Å²) in [5, 5.41) is 49.1. The zero-order valence-electron chi connectivity index (χ0n) is 9.82. The van der Waals surface area contributed by atoms with Crippen LogP contribution in [0.25, 0.3) is 0 Å². The highest BCUT2D eigenvalue weighted by Crippen LogP contribution is 2.18. The lowest BCUT2D eigenvalue weighted by Gasteiger charge is -2.19. The number of Topliss-reactive ketones (excluding diaryl/α,β-unsaturated/α-hetero) is 1. The maximum Gasteiger partial charge on any atom is 0.605 e. The fourth-order valence-corrected chi connectivity index (χ4v) is 1.41. The van der Waals surface area contributed by atoms with Crippen molar-refractivity contribution in [2.24, 2.45) is 0 Å². The van der Waals surface area contributed by atoms with E-state index >= 15 is 0 Å². The maximum absolute atomic E-state index is 11.7. The van der Waals surface area contributed by atoms with Crippen molar-refractivity contribution in [3.63, 3.8) is 0 Å². The van der Waals surface area contributed by atoms with Crippen LogP contribution in [0.5, 0.6) is 0 Å². The second kappa shape index (κ2) is 5.69. The third-order valence-electron chi connectivity index (χ3n) is 2.56. The Morgan fingerprint density at radius 3 is 1.95 bits per heavy atom. The first kappa shape index (κ1) is 15.6. The first-order chi connectivity index (χ1) is 9.22. The minimum Gasteiger partial charge on any atom is -0.381 e. The number of ketones is 1. The summed E-state index contributed by atoms with van der Waals surface area (Å²) >= 11 is 0. The minimum atomic E-state index is -4.08. The SMILES string of the molecule is O=C(c1ccccc1)C(O)[C@@H](O)C(O)([N+](=O)[O-])[N+](=O)[O-]. The molecule has 108 valence electrons. The van der Waals surface area contributed by atoms with E-state index in [1.807, 2.05) is 0 Å². The summed E-state index contributed by atoms with van der Waals surface area (Å²) in [6, 6.07) is 6.84. The Bertz CT molecular complexity index is 517. The Kier molecular flexibility index (Phi) is 4.45. The topological polar surface area (TPSA) is 164 Å². The summed E-state index contributed by atoms with van der Waals surface area (Å²) in [6.07, 6.45) is -5.46. The van der Waals surface area contributed by atoms with Crippen LogP contribution in [0.2, 0.25) is 0 Å². The number of nitro groups is 2. The molecular weight excluding hydrogens is 276 g/mol. The lowest BCUT2D eigenvalue weighted by molar-refractivity contribution is -0.858. The van der Waals surface area contributed by atoms with Crippen LogP contribution in [-0.4, -0.2) is 49.0 Å². The van der Waals surface area contributed by atoms with Crippen molar-refractivity contribution in [2.45, 2.75) is 18.1 Å². The first-order valence-electron chi connectivity index (χ1n) is 5.19. The van der Waals surface area contributed by atoms with Gasteiger partial charge in [0.25, 0.3) is 6.10 Å². The molecule has 1 aromatic rings. The second-order valence-electron chi connectivity index (χ2n) is 3.82. The molecule has 1 unspecified atom stereocenters. The van der Waals surface area contributed by atoms with Gasteiger partial charge in [0.1, 0.15) is 9.85 Å². The zero-order chi connectivity index (χ0) is 15.5. The number of carbonyl (C=O) groups is 1. The second-order valence-corrected chi connectivity index (χ2v) is 3.82. The highest BCUT2D eigenvalue weighted by atomic mass is 16.7. The van der Waals surface area contributed by atoms with E-state index in [9.17, 15) is 40.3 Å². The van der Waals surface area contributed by atoms with E-state index in [1.165, 1.54) is 24.3 Å². The molecule has 0 aliphatic carbocycles. The fraction of sp³-hybridized carbons (Fsp3) is 0.300. The van der Waals surface area contributed by atoms with Crippen LogP contribution >= 0.6 is 0 Å². The van der Waals surface area contributed by atoms with Gasteiger partial charge in [0.05, 0.1) is 0 Å². The normalized spacial score (nSPS) is 14.3. The van der Waals surface area contributed by atoms with Crippen LogP contribution in [0.3, 0.4) is 0 Å². The molecule has 0 radical (unpaired) electrons. The van der Waals surface area contributed by atoms with Gasteiger partial charge in [-0.25, -0.2) is 0 Å². The number of benzene rings is 1. The predicted octanol–water partition coefficient (Wildman–Crippen LogP) is -1.21. The highest BCUT2D eigenvalue weighted by molar-refractivity contribution is 5.99. The van der Waals surface area contributed by atoms with Crippen molar-refractivity contribution in [3.05, 3.63) is 56.1 Å². The van der Waals surface area contributed by atoms with Crippen LogP contribution in [0.4, 0.5) is 0 Å². The van der Waals surface area contributed by atoms with Gasteiger partial charge in [0, 0.05) is 5.56 Å². The van der Waals surface area contributed by atoms with Crippen LogP contribution in [0.1, 0.15) is 10.4 Å². The molecule has 0 saturated heterocycles. The molecule has 0 bridgehead atoms. The summed E-state index contributed by atoms with van der Waals surface area (Å²) in [5.74, 6) is -5.27. The molecule has 3 N–H and O–H groups in total. The number of carbonyl (C=O) groups excluding carboxylic acids is 1. The molecule has 10 nitrogen and oxygen atoms in total. The van der Waals surface area contributed by atoms with Crippen molar-refractivity contribution >= 4 is 5.78 Å². The summed E-state index contributed by atoms with van der Waals surface area (Å²) in [4.78, 5) is 29.1. The molecule has 0 aliphatic heterocycles. The van der Waals surface area contributed by atoms with E-state index in [1.54, 1.807) is 6.07 Å². The molecule has 2 atom stereocenters. The lowest BCUT2D eigenvalue weighted by Crippen LogP contribution is -2.61. The standard InChI is InChI=1S/C10H10N2O8/c13-7(6-4-2-1-3-5-6)8(14)9(15)10(16,11(17)18)12(19)20/h1-5,8-9,14-16H/t8?,9-/m1/s1. The van der Waals surface area contributed by atoms with Crippen LogP contribution in [0, 0.1) is 20.2 Å². The fourth-order valence-electron chi connectivity index (χ4n) is 1.41. The molecule has 0 saturated carbocycles. The highest BCUT2D eigenvalue weighted by Gasteiger charge is 2.65. The average molecular weight is 286 g/mol. The van der Waals surface area contributed by atoms with E-state index in [-0.39, 0.29) is 5.56 Å². The average Bonchev–Trinajstić information content (AvgIpc) is 2.44. The van der Waals surface area contributed by atoms with Crippen molar-refractivity contribution < 1.29 is 30.0 Å². The Morgan fingerprint density at radius 2 is 1.55 bits per heavy atom. The molecule has 0 aliphatic rings. The number of aliphatic hydroxyl groups excluding tert-OH is 2. The van der Waals surface area contributed by atoms with Crippen molar-refractivity contribution in [2.75, 3.05) is 0 Å². The number of aliphatic hydroxyl groups is 3. The Morgan fingerprint density at radius 1 is 1.10 bits per heavy atom. The van der Waals surface area contributed by atoms with Gasteiger partial charge >= 0.3 is 5.85 Å². The molecule has 1 rings (SSSR count). The number of hydrogen-bond acceptors (Lipinski definition) is 8. The molecule has 10 heteroatoms. The van der Waals surface area contributed by atoms with E-state index in [4.69, 9.17) is 0 Å². The van der Waals surface area contributed by atoms with Gasteiger partial charge in [-0.3, -0.25) is 30.1 Å². The summed E-state index contributed by atoms with van der Waals surface area (Å²) in [6.45, 7) is 0. The monoisotopic (exact) mass is 286 g/mol. The van der Waals surface area contributed by atoms with Gasteiger partial charge < -0.3 is 10.2 Å². The predicted molar refractivity (Wildman–Crippen MR) is 61.7 cm³/mol. The van der Waals surface area contributed by atoms with Crippen LogP contribution in [0.15, 0.2) is 30.3 Å². The van der Waals surface area contributed by atoms with Gasteiger partial charge in [-0.2, -0.15) is 0 Å². The van der Waals surface area contributed by atoms with Crippen LogP contribution < -0.4 is 0 Å². The maximum atomic E-state index is 11.7. The van der Waals surface area contributed by atoms with E-state index in [0.717, 1.165) is 0 Å². The van der Waals surface area contributed by atoms with E-state index in [2.05, 4.69) is 0 Å². The lowest BCUT2D eigenvalue weighted by atomic mass is 9.99. The molecule has 0 fully saturated rings. The van der Waals surface area contributed by atoms with E-state index < -0.39 is 33.7 Å². The smallest absolute Gasteiger partial charge is 0.381 e. The third kappa shape index (κ3) is 2.61. The molecule has 0 heterocycles. The molecule has 20 heavy (non-hydrogen) atoms. The van der Waals surface area contributed by atoms with Crippen LogP contribution in [-0.2, 0) is 0 Å². The van der Waals surface area contributed by atoms with Crippen molar-refractivity contribution in [3.8, 4) is 0 Å². The zero-order valence-corrected chi connectivity index (χ0v) is 9.82. The number of hydrogen-bond donors (Lipinski definition) is 3. The third-order valence-corrected chi connectivity index (χ3v) is 2.56. The van der Waals surface area contributed by atoms with Gasteiger partial charge in [-0.15, -0.1) is 0 Å². The van der Waals surface area contributed by atoms with Gasteiger partial charge in [-0.1, -0.05) is 30.3 Å². The summed E-state index contributed by atoms with van der Waals surface area (Å²) in [5.41, 5.74) is -0.131.